The van der Waals surface area contributed by atoms with Crippen LogP contribution in [0.3, 0.4) is 0 Å². The van der Waals surface area contributed by atoms with Crippen LogP contribution in [0.2, 0.25) is 0 Å². The molecule has 1 aliphatic rings. The molecule has 0 bridgehead atoms. The van der Waals surface area contributed by atoms with Gasteiger partial charge in [-0.2, -0.15) is 0 Å². The molecule has 3 heteroatoms. The molecule has 17 heavy (non-hydrogen) atoms. The summed E-state index contributed by atoms with van der Waals surface area (Å²) in [5.74, 6) is -0.0370. The van der Waals surface area contributed by atoms with Crippen LogP contribution in [0.4, 0.5) is 4.39 Å². The fourth-order valence-electron chi connectivity index (χ4n) is 2.62. The van der Waals surface area contributed by atoms with Crippen LogP contribution in [0.25, 0.3) is 0 Å². The highest BCUT2D eigenvalue weighted by Gasteiger charge is 2.28. The molecule has 0 saturated heterocycles. The largest absolute Gasteiger partial charge is 0.494 e. The summed E-state index contributed by atoms with van der Waals surface area (Å²) in [5.41, 5.74) is 6.98. The van der Waals surface area contributed by atoms with Gasteiger partial charge in [0.05, 0.1) is 7.11 Å². The number of nitrogens with two attached hydrogens (primary N) is 1. The standard InChI is InChI=1S/C14H20FNO/c1-17-13-7-6-11(10-12(13)15)14(16)8-4-2-3-5-9-14/h6-7,10H,2-5,8-9,16H2,1H3. The zero-order valence-electron chi connectivity index (χ0n) is 10.3. The van der Waals surface area contributed by atoms with Crippen LogP contribution in [0.15, 0.2) is 18.2 Å². The second-order valence-electron chi connectivity index (χ2n) is 4.92. The summed E-state index contributed by atoms with van der Waals surface area (Å²) in [6.45, 7) is 0. The molecule has 0 unspecified atom stereocenters. The first kappa shape index (κ1) is 12.4. The first-order valence-electron chi connectivity index (χ1n) is 6.29. The van der Waals surface area contributed by atoms with E-state index in [4.69, 9.17) is 10.5 Å². The Balaban J connectivity index is 2.28. The number of ether oxygens (including phenoxy) is 1. The molecule has 94 valence electrons. The second-order valence-corrected chi connectivity index (χ2v) is 4.92. The first-order chi connectivity index (χ1) is 8.15. The zero-order valence-corrected chi connectivity index (χ0v) is 10.3. The number of methoxy groups -OCH3 is 1. The fourth-order valence-corrected chi connectivity index (χ4v) is 2.62. The number of benzene rings is 1. The van der Waals surface area contributed by atoms with Crippen molar-refractivity contribution in [3.05, 3.63) is 29.6 Å². The highest BCUT2D eigenvalue weighted by Crippen LogP contribution is 2.35. The Morgan fingerprint density at radius 3 is 2.35 bits per heavy atom. The minimum Gasteiger partial charge on any atom is -0.494 e. The van der Waals surface area contributed by atoms with E-state index in [9.17, 15) is 4.39 Å². The Kier molecular flexibility index (Phi) is 3.67. The molecule has 1 aromatic carbocycles. The molecule has 2 N–H and O–H groups in total. The van der Waals surface area contributed by atoms with Crippen molar-refractivity contribution < 1.29 is 9.13 Å². The van der Waals surface area contributed by atoms with Crippen LogP contribution in [0, 0.1) is 5.82 Å². The van der Waals surface area contributed by atoms with Crippen molar-refractivity contribution in [1.82, 2.24) is 0 Å². The maximum Gasteiger partial charge on any atom is 0.165 e. The maximum absolute atomic E-state index is 13.7. The monoisotopic (exact) mass is 237 g/mol. The lowest BCUT2D eigenvalue weighted by molar-refractivity contribution is 0.370. The Hall–Kier alpha value is -1.09. The highest BCUT2D eigenvalue weighted by atomic mass is 19.1. The van der Waals surface area contributed by atoms with Gasteiger partial charge < -0.3 is 10.5 Å². The van der Waals surface area contributed by atoms with E-state index in [1.165, 1.54) is 26.0 Å². The van der Waals surface area contributed by atoms with Crippen molar-refractivity contribution in [2.45, 2.75) is 44.1 Å². The molecule has 1 aliphatic carbocycles. The fraction of sp³-hybridized carbons (Fsp3) is 0.571. The first-order valence-corrected chi connectivity index (χ1v) is 6.29. The minimum absolute atomic E-state index is 0.283. The molecule has 0 aliphatic heterocycles. The zero-order chi connectivity index (χ0) is 12.3. The van der Waals surface area contributed by atoms with E-state index in [0.717, 1.165) is 31.2 Å². The van der Waals surface area contributed by atoms with Crippen LogP contribution in [-0.2, 0) is 5.54 Å². The number of hydrogen-bond donors (Lipinski definition) is 1. The predicted octanol–water partition coefficient (Wildman–Crippen LogP) is 3.34. The molecule has 1 fully saturated rings. The van der Waals surface area contributed by atoms with Crippen LogP contribution in [0.5, 0.6) is 5.75 Å². The van der Waals surface area contributed by atoms with E-state index in [1.807, 2.05) is 6.07 Å². The van der Waals surface area contributed by atoms with Gasteiger partial charge in [-0.1, -0.05) is 31.7 Å². The molecular weight excluding hydrogens is 217 g/mol. The predicted molar refractivity (Wildman–Crippen MR) is 66.5 cm³/mol. The van der Waals surface area contributed by atoms with E-state index < -0.39 is 0 Å². The van der Waals surface area contributed by atoms with Crippen molar-refractivity contribution in [3.63, 3.8) is 0 Å². The molecular formula is C14H20FNO. The van der Waals surface area contributed by atoms with Crippen molar-refractivity contribution in [2.75, 3.05) is 7.11 Å². The van der Waals surface area contributed by atoms with E-state index in [2.05, 4.69) is 0 Å². The maximum atomic E-state index is 13.7. The number of hydrogen-bond acceptors (Lipinski definition) is 2. The summed E-state index contributed by atoms with van der Waals surface area (Å²) in [4.78, 5) is 0. The molecule has 0 atom stereocenters. The summed E-state index contributed by atoms with van der Waals surface area (Å²) >= 11 is 0. The molecule has 0 heterocycles. The Morgan fingerprint density at radius 2 is 1.82 bits per heavy atom. The van der Waals surface area contributed by atoms with Gasteiger partial charge in [-0.3, -0.25) is 0 Å². The highest BCUT2D eigenvalue weighted by molar-refractivity contribution is 5.33. The minimum atomic E-state index is -0.358. The van der Waals surface area contributed by atoms with Crippen LogP contribution in [-0.4, -0.2) is 7.11 Å². The van der Waals surface area contributed by atoms with E-state index in [-0.39, 0.29) is 17.1 Å². The van der Waals surface area contributed by atoms with Gasteiger partial charge >= 0.3 is 0 Å². The van der Waals surface area contributed by atoms with Crippen molar-refractivity contribution in [3.8, 4) is 5.75 Å². The van der Waals surface area contributed by atoms with Gasteiger partial charge in [0.15, 0.2) is 11.6 Å². The molecule has 2 nitrogen and oxygen atoms in total. The van der Waals surface area contributed by atoms with Gasteiger partial charge in [0.1, 0.15) is 0 Å². The van der Waals surface area contributed by atoms with Gasteiger partial charge in [-0.05, 0) is 30.5 Å². The molecule has 0 aromatic heterocycles. The average Bonchev–Trinajstić information content (AvgIpc) is 2.55. The molecule has 0 spiro atoms. The third-order valence-electron chi connectivity index (χ3n) is 3.72. The van der Waals surface area contributed by atoms with Gasteiger partial charge in [0.25, 0.3) is 0 Å². The Morgan fingerprint density at radius 1 is 1.18 bits per heavy atom. The Bertz CT molecular complexity index is 384. The SMILES string of the molecule is COc1ccc(C2(N)CCCCCC2)cc1F. The van der Waals surface area contributed by atoms with Gasteiger partial charge in [-0.15, -0.1) is 0 Å². The Labute approximate surface area is 102 Å². The second kappa shape index (κ2) is 5.05. The third-order valence-corrected chi connectivity index (χ3v) is 3.72. The van der Waals surface area contributed by atoms with Crippen LogP contribution in [0.1, 0.15) is 44.1 Å². The van der Waals surface area contributed by atoms with Crippen molar-refractivity contribution in [1.29, 1.82) is 0 Å². The quantitative estimate of drug-likeness (QED) is 0.801. The summed E-state index contributed by atoms with van der Waals surface area (Å²) < 4.78 is 18.6. The molecule has 0 radical (unpaired) electrons. The average molecular weight is 237 g/mol. The topological polar surface area (TPSA) is 35.2 Å². The molecule has 2 rings (SSSR count). The number of rotatable bonds is 2. The third kappa shape index (κ3) is 2.60. The summed E-state index contributed by atoms with van der Waals surface area (Å²) in [7, 11) is 1.47. The van der Waals surface area contributed by atoms with Gasteiger partial charge in [0.2, 0.25) is 0 Å². The normalized spacial score (nSPS) is 19.7. The summed E-state index contributed by atoms with van der Waals surface area (Å²) in [5, 5.41) is 0. The van der Waals surface area contributed by atoms with Crippen molar-refractivity contribution >= 4 is 0 Å². The number of halogens is 1. The molecule has 0 amide bonds. The summed E-state index contributed by atoms with van der Waals surface area (Å²) in [6.07, 6.45) is 6.61. The van der Waals surface area contributed by atoms with Gasteiger partial charge in [-0.25, -0.2) is 4.39 Å². The lowest BCUT2D eigenvalue weighted by atomic mass is 9.84. The van der Waals surface area contributed by atoms with E-state index >= 15 is 0 Å². The van der Waals surface area contributed by atoms with Gasteiger partial charge in [0, 0.05) is 5.54 Å². The van der Waals surface area contributed by atoms with Crippen molar-refractivity contribution in [2.24, 2.45) is 5.73 Å². The van der Waals surface area contributed by atoms with Crippen LogP contribution >= 0.6 is 0 Å². The van der Waals surface area contributed by atoms with Crippen LogP contribution < -0.4 is 10.5 Å². The lowest BCUT2D eigenvalue weighted by Gasteiger charge is -2.29. The smallest absolute Gasteiger partial charge is 0.165 e. The molecule has 1 aromatic rings. The summed E-state index contributed by atoms with van der Waals surface area (Å²) in [6, 6.07) is 5.10. The molecule has 1 saturated carbocycles. The van der Waals surface area contributed by atoms with E-state index in [0.29, 0.717) is 0 Å². The van der Waals surface area contributed by atoms with E-state index in [1.54, 1.807) is 6.07 Å². The lowest BCUT2D eigenvalue weighted by Crippen LogP contribution is -2.36.